The molecule has 3 fully saturated rings. The lowest BCUT2D eigenvalue weighted by Gasteiger charge is -2.25. The molecule has 3 aliphatic rings. The lowest BCUT2D eigenvalue weighted by Crippen LogP contribution is -2.31. The van der Waals surface area contributed by atoms with E-state index in [2.05, 4.69) is 24.3 Å². The Morgan fingerprint density at radius 3 is 2.39 bits per heavy atom. The van der Waals surface area contributed by atoms with Gasteiger partial charge in [-0.2, -0.15) is 0 Å². The van der Waals surface area contributed by atoms with E-state index in [9.17, 15) is 4.79 Å². The summed E-state index contributed by atoms with van der Waals surface area (Å²) in [6, 6.07) is 10.5. The monoisotopic (exact) mass is 240 g/mol. The van der Waals surface area contributed by atoms with Crippen LogP contribution in [0.1, 0.15) is 44.1 Å². The van der Waals surface area contributed by atoms with Crippen LogP contribution in [0.3, 0.4) is 0 Å². The predicted octanol–water partition coefficient (Wildman–Crippen LogP) is 3.72. The van der Waals surface area contributed by atoms with Gasteiger partial charge in [-0.3, -0.25) is 4.79 Å². The first kappa shape index (κ1) is 10.8. The summed E-state index contributed by atoms with van der Waals surface area (Å²) in [6.07, 6.45) is 7.39. The van der Waals surface area contributed by atoms with Crippen LogP contribution in [0.4, 0.5) is 0 Å². The predicted molar refractivity (Wildman–Crippen MR) is 71.3 cm³/mol. The minimum absolute atomic E-state index is 0.0730. The highest BCUT2D eigenvalue weighted by atomic mass is 16.1. The van der Waals surface area contributed by atoms with Gasteiger partial charge in [0, 0.05) is 5.92 Å². The first-order valence-electron chi connectivity index (χ1n) is 7.39. The number of hydrogen-bond acceptors (Lipinski definition) is 1. The zero-order valence-corrected chi connectivity index (χ0v) is 10.8. The van der Waals surface area contributed by atoms with Crippen LogP contribution in [0.15, 0.2) is 30.3 Å². The van der Waals surface area contributed by atoms with E-state index in [0.29, 0.717) is 11.7 Å². The number of carbonyl (C=O) groups is 1. The molecular weight excluding hydrogens is 220 g/mol. The molecule has 94 valence electrons. The molecule has 0 radical (unpaired) electrons. The lowest BCUT2D eigenvalue weighted by molar-refractivity contribution is -0.126. The molecule has 0 N–H and O–H groups in total. The zero-order chi connectivity index (χ0) is 12.2. The normalized spacial score (nSPS) is 35.7. The quantitative estimate of drug-likeness (QED) is 0.787. The molecule has 4 rings (SSSR count). The average Bonchev–Trinajstić information content (AvgIpc) is 2.97. The maximum atomic E-state index is 12.9. The van der Waals surface area contributed by atoms with E-state index in [4.69, 9.17) is 0 Å². The van der Waals surface area contributed by atoms with E-state index in [1.807, 2.05) is 6.07 Å². The average molecular weight is 240 g/mol. The maximum Gasteiger partial charge on any atom is 0.146 e. The third-order valence-electron chi connectivity index (χ3n) is 5.62. The molecule has 0 aromatic heterocycles. The smallest absolute Gasteiger partial charge is 0.146 e. The highest BCUT2D eigenvalue weighted by molar-refractivity contribution is 5.95. The standard InChI is InChI=1S/C17H20O/c18-16(15-11-12-6-7-13(15)10-12)17(8-9-17)14-4-2-1-3-5-14/h1-5,12-13,15H,6-11H2. The van der Waals surface area contributed by atoms with Gasteiger partial charge < -0.3 is 0 Å². The Kier molecular flexibility index (Phi) is 2.21. The van der Waals surface area contributed by atoms with Crippen molar-refractivity contribution in [2.45, 2.75) is 43.9 Å². The number of ketones is 1. The van der Waals surface area contributed by atoms with Crippen molar-refractivity contribution in [1.29, 1.82) is 0 Å². The second-order valence-corrected chi connectivity index (χ2v) is 6.59. The molecule has 0 spiro atoms. The van der Waals surface area contributed by atoms with Gasteiger partial charge in [-0.05, 0) is 49.5 Å². The summed E-state index contributed by atoms with van der Waals surface area (Å²) in [7, 11) is 0. The Bertz CT molecular complexity index is 472. The van der Waals surface area contributed by atoms with Gasteiger partial charge in [-0.25, -0.2) is 0 Å². The van der Waals surface area contributed by atoms with E-state index in [-0.39, 0.29) is 5.41 Å². The Balaban J connectivity index is 1.62. The van der Waals surface area contributed by atoms with Crippen LogP contribution in [-0.4, -0.2) is 5.78 Å². The Morgan fingerprint density at radius 2 is 1.83 bits per heavy atom. The molecule has 1 heteroatoms. The minimum atomic E-state index is -0.0730. The minimum Gasteiger partial charge on any atom is -0.298 e. The molecule has 18 heavy (non-hydrogen) atoms. The first-order valence-corrected chi connectivity index (χ1v) is 7.39. The fraction of sp³-hybridized carbons (Fsp3) is 0.588. The number of carbonyl (C=O) groups excluding carboxylic acids is 1. The third-order valence-corrected chi connectivity index (χ3v) is 5.62. The molecule has 3 aliphatic carbocycles. The van der Waals surface area contributed by atoms with Gasteiger partial charge in [0.25, 0.3) is 0 Å². The molecule has 0 amide bonds. The number of fused-ring (bicyclic) bond motifs is 2. The van der Waals surface area contributed by atoms with Crippen LogP contribution >= 0.6 is 0 Å². The summed E-state index contributed by atoms with van der Waals surface area (Å²) in [5, 5.41) is 0. The third kappa shape index (κ3) is 1.43. The molecule has 0 heterocycles. The van der Waals surface area contributed by atoms with E-state index >= 15 is 0 Å². The fourth-order valence-corrected chi connectivity index (χ4v) is 4.48. The van der Waals surface area contributed by atoms with Gasteiger partial charge in [-0.15, -0.1) is 0 Å². The van der Waals surface area contributed by atoms with Gasteiger partial charge in [-0.1, -0.05) is 36.8 Å². The number of Topliss-reactive ketones (excluding diaryl/α,β-unsaturated/α-hetero) is 1. The topological polar surface area (TPSA) is 17.1 Å². The Morgan fingerprint density at radius 1 is 1.06 bits per heavy atom. The van der Waals surface area contributed by atoms with Crippen LogP contribution in [0.2, 0.25) is 0 Å². The van der Waals surface area contributed by atoms with Gasteiger partial charge in [0.1, 0.15) is 5.78 Å². The largest absolute Gasteiger partial charge is 0.298 e. The van der Waals surface area contributed by atoms with Crippen LogP contribution in [-0.2, 0) is 10.2 Å². The summed E-state index contributed by atoms with van der Waals surface area (Å²) in [4.78, 5) is 12.9. The molecule has 3 atom stereocenters. The number of benzene rings is 1. The molecule has 0 aliphatic heterocycles. The van der Waals surface area contributed by atoms with E-state index in [1.165, 1.54) is 31.2 Å². The number of hydrogen-bond donors (Lipinski definition) is 0. The van der Waals surface area contributed by atoms with Gasteiger partial charge in [0.15, 0.2) is 0 Å². The van der Waals surface area contributed by atoms with Crippen molar-refractivity contribution in [2.75, 3.05) is 0 Å². The van der Waals surface area contributed by atoms with E-state index < -0.39 is 0 Å². The van der Waals surface area contributed by atoms with E-state index in [1.54, 1.807) is 0 Å². The molecule has 1 aromatic carbocycles. The lowest BCUT2D eigenvalue weighted by atomic mass is 9.77. The highest BCUT2D eigenvalue weighted by Crippen LogP contribution is 2.56. The summed E-state index contributed by atoms with van der Waals surface area (Å²) in [6.45, 7) is 0. The van der Waals surface area contributed by atoms with Crippen molar-refractivity contribution in [1.82, 2.24) is 0 Å². The van der Waals surface area contributed by atoms with Crippen LogP contribution in [0, 0.1) is 17.8 Å². The second-order valence-electron chi connectivity index (χ2n) is 6.59. The molecule has 3 unspecified atom stereocenters. The summed E-state index contributed by atoms with van der Waals surface area (Å²) < 4.78 is 0. The Labute approximate surface area is 109 Å². The zero-order valence-electron chi connectivity index (χ0n) is 10.8. The summed E-state index contributed by atoms with van der Waals surface area (Å²) in [5.41, 5.74) is 1.20. The molecular formula is C17H20O. The summed E-state index contributed by atoms with van der Waals surface area (Å²) in [5.74, 6) is 2.58. The van der Waals surface area contributed by atoms with Gasteiger partial charge in [0.2, 0.25) is 0 Å². The second kappa shape index (κ2) is 3.69. The first-order chi connectivity index (χ1) is 8.79. The molecule has 1 nitrogen and oxygen atoms in total. The Hall–Kier alpha value is -1.11. The molecule has 1 aromatic rings. The van der Waals surface area contributed by atoms with Gasteiger partial charge in [0.05, 0.1) is 5.41 Å². The van der Waals surface area contributed by atoms with Crippen molar-refractivity contribution in [3.63, 3.8) is 0 Å². The van der Waals surface area contributed by atoms with Gasteiger partial charge >= 0.3 is 0 Å². The van der Waals surface area contributed by atoms with Crippen molar-refractivity contribution >= 4 is 5.78 Å². The summed E-state index contributed by atoms with van der Waals surface area (Å²) >= 11 is 0. The van der Waals surface area contributed by atoms with Crippen molar-refractivity contribution in [2.24, 2.45) is 17.8 Å². The number of rotatable bonds is 3. The SMILES string of the molecule is O=C(C1CC2CCC1C2)C1(c2ccccc2)CC1. The maximum absolute atomic E-state index is 12.9. The van der Waals surface area contributed by atoms with Crippen molar-refractivity contribution in [3.05, 3.63) is 35.9 Å². The van der Waals surface area contributed by atoms with Crippen LogP contribution < -0.4 is 0 Å². The fourth-order valence-electron chi connectivity index (χ4n) is 4.48. The van der Waals surface area contributed by atoms with E-state index in [0.717, 1.165) is 24.7 Å². The van der Waals surface area contributed by atoms with Crippen LogP contribution in [0.25, 0.3) is 0 Å². The molecule has 2 bridgehead atoms. The van der Waals surface area contributed by atoms with Crippen LogP contribution in [0.5, 0.6) is 0 Å². The van der Waals surface area contributed by atoms with Crippen molar-refractivity contribution < 1.29 is 4.79 Å². The molecule has 0 saturated heterocycles. The highest BCUT2D eigenvalue weighted by Gasteiger charge is 2.56. The van der Waals surface area contributed by atoms with Crippen molar-refractivity contribution in [3.8, 4) is 0 Å². The molecule has 3 saturated carbocycles.